The van der Waals surface area contributed by atoms with Crippen LogP contribution in [0.2, 0.25) is 0 Å². The molecule has 4 nitrogen and oxygen atoms in total. The van der Waals surface area contributed by atoms with Crippen molar-refractivity contribution >= 4 is 11.7 Å². The second-order valence-corrected chi connectivity index (χ2v) is 5.22. The largest absolute Gasteiger partial charge is 0.327 e. The van der Waals surface area contributed by atoms with Gasteiger partial charge in [0, 0.05) is 38.3 Å². The average Bonchev–Trinajstić information content (AvgIpc) is 2.43. The van der Waals surface area contributed by atoms with Crippen LogP contribution in [0.4, 0.5) is 10.5 Å². The minimum Gasteiger partial charge on any atom is -0.327 e. The number of nitrogens with one attached hydrogen (secondary N) is 1. The van der Waals surface area contributed by atoms with Crippen LogP contribution >= 0.6 is 0 Å². The van der Waals surface area contributed by atoms with E-state index in [4.69, 9.17) is 0 Å². The Labute approximate surface area is 115 Å². The summed E-state index contributed by atoms with van der Waals surface area (Å²) in [5, 5.41) is 3.20. The Bertz CT molecular complexity index is 430. The SMILES string of the molecule is CCc1ccc(N2CC(CNC)CN(C)C2=O)cc1. The first-order chi connectivity index (χ1) is 9.15. The highest BCUT2D eigenvalue weighted by Gasteiger charge is 2.29. The van der Waals surface area contributed by atoms with Crippen LogP contribution < -0.4 is 10.2 Å². The lowest BCUT2D eigenvalue weighted by Gasteiger charge is -2.38. The smallest absolute Gasteiger partial charge is 0.324 e. The van der Waals surface area contributed by atoms with Gasteiger partial charge in [0.15, 0.2) is 0 Å². The first-order valence-corrected chi connectivity index (χ1v) is 6.91. The quantitative estimate of drug-likeness (QED) is 0.899. The Kier molecular flexibility index (Phi) is 4.43. The number of amides is 2. The molecular formula is C15H23N3O. The Morgan fingerprint density at radius 3 is 2.53 bits per heavy atom. The zero-order valence-corrected chi connectivity index (χ0v) is 12.0. The molecule has 0 bridgehead atoms. The molecule has 1 aliphatic heterocycles. The van der Waals surface area contributed by atoms with Gasteiger partial charge in [-0.2, -0.15) is 0 Å². The van der Waals surface area contributed by atoms with Gasteiger partial charge in [-0.25, -0.2) is 4.79 Å². The Hall–Kier alpha value is -1.55. The van der Waals surface area contributed by atoms with Gasteiger partial charge < -0.3 is 10.2 Å². The van der Waals surface area contributed by atoms with Crippen molar-refractivity contribution in [2.45, 2.75) is 13.3 Å². The van der Waals surface area contributed by atoms with Crippen molar-refractivity contribution in [3.8, 4) is 0 Å². The number of carbonyl (C=O) groups excluding carboxylic acids is 1. The Balaban J connectivity index is 2.17. The number of nitrogens with zero attached hydrogens (tertiary/aromatic N) is 2. The molecule has 1 heterocycles. The van der Waals surface area contributed by atoms with Gasteiger partial charge >= 0.3 is 6.03 Å². The third-order valence-electron chi connectivity index (χ3n) is 3.68. The molecule has 4 heteroatoms. The maximum absolute atomic E-state index is 12.3. The molecule has 1 aromatic carbocycles. The number of hydrogen-bond acceptors (Lipinski definition) is 2. The number of hydrogen-bond donors (Lipinski definition) is 1. The van der Waals surface area contributed by atoms with E-state index in [-0.39, 0.29) is 6.03 Å². The van der Waals surface area contributed by atoms with Crippen molar-refractivity contribution in [3.63, 3.8) is 0 Å². The maximum atomic E-state index is 12.3. The normalized spacial score (nSPS) is 19.9. The third-order valence-corrected chi connectivity index (χ3v) is 3.68. The van der Waals surface area contributed by atoms with Crippen LogP contribution in [0.3, 0.4) is 0 Å². The number of aryl methyl sites for hydroxylation is 1. The summed E-state index contributed by atoms with van der Waals surface area (Å²) < 4.78 is 0. The van der Waals surface area contributed by atoms with E-state index in [1.54, 1.807) is 4.90 Å². The molecule has 1 aliphatic rings. The fraction of sp³-hybridized carbons (Fsp3) is 0.533. The monoisotopic (exact) mass is 261 g/mol. The van der Waals surface area contributed by atoms with Crippen LogP contribution in [0.1, 0.15) is 12.5 Å². The standard InChI is InChI=1S/C15H23N3O/c1-4-12-5-7-14(8-6-12)18-11-13(9-16-2)10-17(3)15(18)19/h5-8,13,16H,4,9-11H2,1-3H3. The van der Waals surface area contributed by atoms with Crippen molar-refractivity contribution in [1.82, 2.24) is 10.2 Å². The van der Waals surface area contributed by atoms with Gasteiger partial charge in [0.1, 0.15) is 0 Å². The van der Waals surface area contributed by atoms with E-state index >= 15 is 0 Å². The summed E-state index contributed by atoms with van der Waals surface area (Å²) in [7, 11) is 3.83. The summed E-state index contributed by atoms with van der Waals surface area (Å²) in [6.45, 7) is 4.68. The topological polar surface area (TPSA) is 35.6 Å². The molecule has 0 spiro atoms. The summed E-state index contributed by atoms with van der Waals surface area (Å²) >= 11 is 0. The van der Waals surface area contributed by atoms with Crippen LogP contribution in [0, 0.1) is 5.92 Å². The molecule has 1 atom stereocenters. The van der Waals surface area contributed by atoms with E-state index in [9.17, 15) is 4.79 Å². The third kappa shape index (κ3) is 3.07. The van der Waals surface area contributed by atoms with Crippen molar-refractivity contribution < 1.29 is 4.79 Å². The fourth-order valence-corrected chi connectivity index (χ4v) is 2.61. The van der Waals surface area contributed by atoms with Crippen molar-refractivity contribution in [2.75, 3.05) is 38.6 Å². The van der Waals surface area contributed by atoms with Crippen LogP contribution in [-0.2, 0) is 6.42 Å². The van der Waals surface area contributed by atoms with Gasteiger partial charge in [0.05, 0.1) is 0 Å². The van der Waals surface area contributed by atoms with E-state index in [1.165, 1.54) is 5.56 Å². The summed E-state index contributed by atoms with van der Waals surface area (Å²) in [5.41, 5.74) is 2.29. The summed E-state index contributed by atoms with van der Waals surface area (Å²) in [6, 6.07) is 8.39. The van der Waals surface area contributed by atoms with E-state index in [0.717, 1.165) is 31.7 Å². The van der Waals surface area contributed by atoms with Gasteiger partial charge in [-0.1, -0.05) is 19.1 Å². The highest BCUT2D eigenvalue weighted by atomic mass is 16.2. The molecule has 1 saturated heterocycles. The molecule has 2 rings (SSSR count). The summed E-state index contributed by atoms with van der Waals surface area (Å²) in [5.74, 6) is 0.471. The molecule has 1 N–H and O–H groups in total. The number of benzene rings is 1. The second kappa shape index (κ2) is 6.06. The minimum atomic E-state index is 0.0941. The number of rotatable bonds is 4. The molecule has 2 amide bonds. The molecule has 19 heavy (non-hydrogen) atoms. The zero-order valence-electron chi connectivity index (χ0n) is 12.0. The van der Waals surface area contributed by atoms with Gasteiger partial charge in [-0.15, -0.1) is 0 Å². The second-order valence-electron chi connectivity index (χ2n) is 5.22. The van der Waals surface area contributed by atoms with Gasteiger partial charge in [0.25, 0.3) is 0 Å². The maximum Gasteiger partial charge on any atom is 0.324 e. The number of urea groups is 1. The van der Waals surface area contributed by atoms with Crippen LogP contribution in [0.25, 0.3) is 0 Å². The molecule has 1 unspecified atom stereocenters. The lowest BCUT2D eigenvalue weighted by Crippen LogP contribution is -2.53. The van der Waals surface area contributed by atoms with Crippen LogP contribution in [-0.4, -0.2) is 44.7 Å². The fourth-order valence-electron chi connectivity index (χ4n) is 2.61. The summed E-state index contributed by atoms with van der Waals surface area (Å²) in [4.78, 5) is 15.9. The molecular weight excluding hydrogens is 238 g/mol. The molecule has 0 aromatic heterocycles. The van der Waals surface area contributed by atoms with E-state index in [1.807, 2.05) is 31.1 Å². The lowest BCUT2D eigenvalue weighted by molar-refractivity contribution is 0.192. The molecule has 0 radical (unpaired) electrons. The highest BCUT2D eigenvalue weighted by molar-refractivity contribution is 5.92. The predicted octanol–water partition coefficient (Wildman–Crippen LogP) is 1.96. The summed E-state index contributed by atoms with van der Waals surface area (Å²) in [6.07, 6.45) is 1.02. The molecule has 0 saturated carbocycles. The molecule has 1 fully saturated rings. The Morgan fingerprint density at radius 2 is 1.95 bits per heavy atom. The zero-order chi connectivity index (χ0) is 13.8. The minimum absolute atomic E-state index is 0.0941. The van der Waals surface area contributed by atoms with Gasteiger partial charge in [0.2, 0.25) is 0 Å². The first kappa shape index (κ1) is 13.9. The van der Waals surface area contributed by atoms with E-state index in [2.05, 4.69) is 24.4 Å². The lowest BCUT2D eigenvalue weighted by atomic mass is 10.1. The predicted molar refractivity (Wildman–Crippen MR) is 78.6 cm³/mol. The highest BCUT2D eigenvalue weighted by Crippen LogP contribution is 2.22. The number of carbonyl (C=O) groups is 1. The van der Waals surface area contributed by atoms with Crippen molar-refractivity contribution in [3.05, 3.63) is 29.8 Å². The van der Waals surface area contributed by atoms with Crippen LogP contribution in [0.15, 0.2) is 24.3 Å². The first-order valence-electron chi connectivity index (χ1n) is 6.91. The van der Waals surface area contributed by atoms with Gasteiger partial charge in [-0.05, 0) is 31.2 Å². The van der Waals surface area contributed by atoms with Gasteiger partial charge in [-0.3, -0.25) is 4.90 Å². The molecule has 1 aromatic rings. The molecule has 0 aliphatic carbocycles. The Morgan fingerprint density at radius 1 is 1.26 bits per heavy atom. The molecule has 104 valence electrons. The van der Waals surface area contributed by atoms with E-state index < -0.39 is 0 Å². The van der Waals surface area contributed by atoms with Crippen LogP contribution in [0.5, 0.6) is 0 Å². The number of anilines is 1. The van der Waals surface area contributed by atoms with Crippen molar-refractivity contribution in [1.29, 1.82) is 0 Å². The van der Waals surface area contributed by atoms with E-state index in [0.29, 0.717) is 5.92 Å². The van der Waals surface area contributed by atoms with Crippen molar-refractivity contribution in [2.24, 2.45) is 5.92 Å². The average molecular weight is 261 g/mol.